The Balaban J connectivity index is 1.36. The first-order valence-corrected chi connectivity index (χ1v) is 10.8. The first-order chi connectivity index (χ1) is 15.7. The van der Waals surface area contributed by atoms with Crippen LogP contribution in [-0.4, -0.2) is 37.7 Å². The van der Waals surface area contributed by atoms with E-state index in [1.807, 2.05) is 42.5 Å². The van der Waals surface area contributed by atoms with Crippen molar-refractivity contribution >= 4 is 11.9 Å². The zero-order valence-electron chi connectivity index (χ0n) is 18.0. The first-order valence-electron chi connectivity index (χ1n) is 10.8. The van der Waals surface area contributed by atoms with Crippen molar-refractivity contribution in [3.8, 4) is 22.6 Å². The van der Waals surface area contributed by atoms with Crippen LogP contribution in [0.15, 0.2) is 72.5 Å². The molecular weight excluding hydrogens is 402 g/mol. The van der Waals surface area contributed by atoms with Gasteiger partial charge in [0.1, 0.15) is 18.2 Å². The lowest BCUT2D eigenvalue weighted by Crippen LogP contribution is -2.33. The minimum absolute atomic E-state index is 0.0913. The van der Waals surface area contributed by atoms with E-state index in [9.17, 15) is 4.79 Å². The van der Waals surface area contributed by atoms with E-state index in [0.717, 1.165) is 41.0 Å². The average molecular weight is 428 g/mol. The van der Waals surface area contributed by atoms with E-state index in [1.54, 1.807) is 13.2 Å². The van der Waals surface area contributed by atoms with Crippen molar-refractivity contribution in [3.05, 3.63) is 89.2 Å². The van der Waals surface area contributed by atoms with Crippen molar-refractivity contribution < 1.29 is 19.0 Å². The molecule has 0 atom stereocenters. The predicted octanol–water partition coefficient (Wildman–Crippen LogP) is 5.16. The second-order valence-electron chi connectivity index (χ2n) is 8.02. The average Bonchev–Trinajstić information content (AvgIpc) is 3.16. The minimum atomic E-state index is -0.0913. The summed E-state index contributed by atoms with van der Waals surface area (Å²) >= 11 is 0. The van der Waals surface area contributed by atoms with Gasteiger partial charge >= 0.3 is 0 Å². The van der Waals surface area contributed by atoms with Gasteiger partial charge < -0.3 is 14.2 Å². The van der Waals surface area contributed by atoms with Crippen molar-refractivity contribution in [3.63, 3.8) is 0 Å². The highest BCUT2D eigenvalue weighted by molar-refractivity contribution is 6.15. The van der Waals surface area contributed by atoms with Gasteiger partial charge in [-0.15, -0.1) is 0 Å². The van der Waals surface area contributed by atoms with Crippen LogP contribution in [0, 0.1) is 0 Å². The molecule has 0 spiro atoms. The third-order valence-electron chi connectivity index (χ3n) is 5.82. The van der Waals surface area contributed by atoms with Crippen molar-refractivity contribution in [2.45, 2.75) is 13.0 Å². The highest BCUT2D eigenvalue weighted by atomic mass is 16.5. The number of carbonyl (C=O) groups excluding carboxylic acids is 1. The van der Waals surface area contributed by atoms with Crippen LogP contribution < -0.4 is 9.47 Å². The molecule has 5 nitrogen and oxygen atoms in total. The van der Waals surface area contributed by atoms with Gasteiger partial charge in [0.05, 0.1) is 11.1 Å². The molecule has 5 rings (SSSR count). The smallest absolute Gasteiger partial charge is 0.231 e. The van der Waals surface area contributed by atoms with E-state index in [1.165, 1.54) is 0 Å². The summed E-state index contributed by atoms with van der Waals surface area (Å²) in [5, 5.41) is 0. The summed E-state index contributed by atoms with van der Waals surface area (Å²) in [5.41, 5.74) is 4.75. The number of hydrogen-bond donors (Lipinski definition) is 0. The molecule has 0 N–H and O–H groups in total. The molecule has 0 aliphatic carbocycles. The highest BCUT2D eigenvalue weighted by Gasteiger charge is 2.33. The second-order valence-corrected chi connectivity index (χ2v) is 8.02. The summed E-state index contributed by atoms with van der Waals surface area (Å²) in [6.07, 6.45) is 2.73. The highest BCUT2D eigenvalue weighted by Crippen LogP contribution is 2.42. The fraction of sp³-hybridized carbons (Fsp3) is 0.222. The van der Waals surface area contributed by atoms with Gasteiger partial charge in [-0.25, -0.2) is 0 Å². The summed E-state index contributed by atoms with van der Waals surface area (Å²) < 4.78 is 17.2. The molecule has 0 amide bonds. The summed E-state index contributed by atoms with van der Waals surface area (Å²) in [5.74, 6) is 1.66. The Morgan fingerprint density at radius 2 is 1.78 bits per heavy atom. The molecule has 162 valence electrons. The van der Waals surface area contributed by atoms with Gasteiger partial charge in [-0.2, -0.15) is 0 Å². The van der Waals surface area contributed by atoms with Crippen LogP contribution in [-0.2, 0) is 11.3 Å². The first kappa shape index (κ1) is 20.5. The lowest BCUT2D eigenvalue weighted by molar-refractivity contribution is 0.0823. The molecule has 32 heavy (non-hydrogen) atoms. The number of fused-ring (bicyclic) bond motifs is 3. The Morgan fingerprint density at radius 1 is 1.00 bits per heavy atom. The van der Waals surface area contributed by atoms with E-state index in [-0.39, 0.29) is 5.78 Å². The number of hydrogen-bond acceptors (Lipinski definition) is 5. The summed E-state index contributed by atoms with van der Waals surface area (Å²) in [7, 11) is 1.71. The largest absolute Gasteiger partial charge is 0.478 e. The maximum absolute atomic E-state index is 13.0. The number of ether oxygens (including phenoxy) is 3. The molecule has 0 radical (unpaired) electrons. The lowest BCUT2D eigenvalue weighted by Gasteiger charge is -2.29. The Labute approximate surface area is 187 Å². The normalized spacial score (nSPS) is 16.4. The van der Waals surface area contributed by atoms with E-state index >= 15 is 0 Å². The van der Waals surface area contributed by atoms with Gasteiger partial charge in [-0.05, 0) is 41.3 Å². The number of Topliss-reactive ketones (excluding diaryl/α,β-unsaturated/α-hetero) is 1. The molecule has 5 heteroatoms. The Kier molecular flexibility index (Phi) is 5.75. The molecule has 2 heterocycles. The molecule has 0 saturated heterocycles. The number of rotatable bonds is 6. The van der Waals surface area contributed by atoms with E-state index in [0.29, 0.717) is 37.0 Å². The number of benzene rings is 3. The SMILES string of the molecule is COCCCN1COc2ccc3c(c2C1)O/C(=C\c1ccc(-c2ccccc2)cc1)C3=O. The third-order valence-corrected chi connectivity index (χ3v) is 5.82. The van der Waals surface area contributed by atoms with Gasteiger partial charge in [-0.1, -0.05) is 54.6 Å². The molecule has 0 unspecified atom stereocenters. The summed E-state index contributed by atoms with van der Waals surface area (Å²) in [6, 6.07) is 22.0. The fourth-order valence-electron chi connectivity index (χ4n) is 4.13. The van der Waals surface area contributed by atoms with Gasteiger partial charge in [0.25, 0.3) is 0 Å². The van der Waals surface area contributed by atoms with Crippen LogP contribution in [0.2, 0.25) is 0 Å². The quantitative estimate of drug-likeness (QED) is 0.402. The Hall–Kier alpha value is -3.41. The summed E-state index contributed by atoms with van der Waals surface area (Å²) in [6.45, 7) is 2.79. The molecule has 0 bridgehead atoms. The van der Waals surface area contributed by atoms with Gasteiger partial charge in [-0.3, -0.25) is 9.69 Å². The standard InChI is InChI=1S/C27H25NO4/c1-30-15-5-14-28-17-23-24(31-18-28)13-12-22-26(29)25(32-27(22)23)16-19-8-10-21(11-9-19)20-6-3-2-4-7-20/h2-4,6-13,16H,5,14-15,17-18H2,1H3/b25-16-. The molecule has 2 aliphatic heterocycles. The zero-order valence-corrected chi connectivity index (χ0v) is 18.0. The van der Waals surface area contributed by atoms with Crippen molar-refractivity contribution in [1.29, 1.82) is 0 Å². The van der Waals surface area contributed by atoms with E-state index in [2.05, 4.69) is 29.2 Å². The fourth-order valence-corrected chi connectivity index (χ4v) is 4.13. The predicted molar refractivity (Wildman–Crippen MR) is 124 cm³/mol. The topological polar surface area (TPSA) is 48.0 Å². The monoisotopic (exact) mass is 427 g/mol. The Morgan fingerprint density at radius 3 is 2.56 bits per heavy atom. The second kappa shape index (κ2) is 8.99. The number of carbonyl (C=O) groups is 1. The molecule has 0 saturated carbocycles. The van der Waals surface area contributed by atoms with Gasteiger partial charge in [0.15, 0.2) is 5.76 Å². The molecule has 3 aromatic rings. The molecule has 2 aliphatic rings. The number of nitrogens with zero attached hydrogens (tertiary/aromatic N) is 1. The number of methoxy groups -OCH3 is 1. The van der Waals surface area contributed by atoms with Crippen LogP contribution in [0.1, 0.15) is 27.9 Å². The zero-order chi connectivity index (χ0) is 21.9. The van der Waals surface area contributed by atoms with E-state index < -0.39 is 0 Å². The summed E-state index contributed by atoms with van der Waals surface area (Å²) in [4.78, 5) is 15.2. The maximum atomic E-state index is 13.0. The molecule has 3 aromatic carbocycles. The van der Waals surface area contributed by atoms with Gasteiger partial charge in [0.2, 0.25) is 5.78 Å². The molecule has 0 fully saturated rings. The van der Waals surface area contributed by atoms with Crippen LogP contribution >= 0.6 is 0 Å². The minimum Gasteiger partial charge on any atom is -0.478 e. The number of allylic oxidation sites excluding steroid dienone is 1. The van der Waals surface area contributed by atoms with Crippen LogP contribution in [0.25, 0.3) is 17.2 Å². The molecule has 0 aromatic heterocycles. The lowest BCUT2D eigenvalue weighted by atomic mass is 10.0. The molecular formula is C27H25NO4. The van der Waals surface area contributed by atoms with Crippen LogP contribution in [0.4, 0.5) is 0 Å². The van der Waals surface area contributed by atoms with Crippen LogP contribution in [0.3, 0.4) is 0 Å². The van der Waals surface area contributed by atoms with Crippen molar-refractivity contribution in [2.75, 3.05) is 27.0 Å². The maximum Gasteiger partial charge on any atom is 0.231 e. The van der Waals surface area contributed by atoms with Crippen molar-refractivity contribution in [2.24, 2.45) is 0 Å². The third kappa shape index (κ3) is 4.05. The van der Waals surface area contributed by atoms with Crippen molar-refractivity contribution in [1.82, 2.24) is 4.90 Å². The number of ketones is 1. The van der Waals surface area contributed by atoms with Crippen LogP contribution in [0.5, 0.6) is 11.5 Å². The Bertz CT molecular complexity index is 1150. The van der Waals surface area contributed by atoms with E-state index in [4.69, 9.17) is 14.2 Å². The van der Waals surface area contributed by atoms with Gasteiger partial charge in [0, 0.05) is 26.8 Å².